The highest BCUT2D eigenvalue weighted by Crippen LogP contribution is 2.20. The van der Waals surface area contributed by atoms with Gasteiger partial charge in [0.25, 0.3) is 0 Å². The minimum atomic E-state index is -0.0104. The molecule has 0 aliphatic carbocycles. The van der Waals surface area contributed by atoms with E-state index >= 15 is 0 Å². The summed E-state index contributed by atoms with van der Waals surface area (Å²) in [5, 5.41) is 6.81. The highest BCUT2D eigenvalue weighted by atomic mass is 16.2. The Bertz CT molecular complexity index is 274. The van der Waals surface area contributed by atoms with Gasteiger partial charge in [-0.2, -0.15) is 0 Å². The summed E-state index contributed by atoms with van der Waals surface area (Å²) in [6.45, 7) is 13.2. The van der Waals surface area contributed by atoms with Crippen molar-refractivity contribution in [2.75, 3.05) is 0 Å². The Labute approximate surface area is 112 Å². The van der Waals surface area contributed by atoms with Crippen LogP contribution >= 0.6 is 0 Å². The molecule has 1 amide bonds. The molecule has 1 saturated heterocycles. The van der Waals surface area contributed by atoms with Gasteiger partial charge in [0.2, 0.25) is 5.91 Å². The monoisotopic (exact) mass is 254 g/mol. The first-order valence-electron chi connectivity index (χ1n) is 7.37. The Morgan fingerprint density at radius 3 is 2.00 bits per heavy atom. The molecule has 3 heteroatoms. The summed E-state index contributed by atoms with van der Waals surface area (Å²) in [6.07, 6.45) is 2.04. The van der Waals surface area contributed by atoms with Crippen molar-refractivity contribution in [2.24, 2.45) is 17.8 Å². The summed E-state index contributed by atoms with van der Waals surface area (Å²) in [7, 11) is 0. The van der Waals surface area contributed by atoms with Gasteiger partial charge in [0.1, 0.15) is 0 Å². The molecule has 18 heavy (non-hydrogen) atoms. The second-order valence-corrected chi connectivity index (χ2v) is 6.86. The molecule has 1 fully saturated rings. The van der Waals surface area contributed by atoms with Crippen LogP contribution in [0.4, 0.5) is 0 Å². The molecule has 3 nitrogen and oxygen atoms in total. The maximum absolute atomic E-state index is 12.1. The van der Waals surface area contributed by atoms with Crippen LogP contribution in [0.15, 0.2) is 0 Å². The van der Waals surface area contributed by atoms with Crippen LogP contribution < -0.4 is 10.6 Å². The number of nitrogens with one attached hydrogen (secondary N) is 2. The third-order valence-electron chi connectivity index (χ3n) is 3.62. The molecular weight excluding hydrogens is 224 g/mol. The maximum atomic E-state index is 12.1. The first-order valence-corrected chi connectivity index (χ1v) is 7.37. The lowest BCUT2D eigenvalue weighted by atomic mass is 9.86. The zero-order valence-corrected chi connectivity index (χ0v) is 12.8. The molecule has 0 aromatic carbocycles. The molecule has 0 aromatic rings. The molecule has 0 bridgehead atoms. The van der Waals surface area contributed by atoms with Gasteiger partial charge in [0.05, 0.1) is 6.04 Å². The fraction of sp³-hybridized carbons (Fsp3) is 0.933. The van der Waals surface area contributed by atoms with E-state index in [1.165, 1.54) is 0 Å². The summed E-state index contributed by atoms with van der Waals surface area (Å²) >= 11 is 0. The smallest absolute Gasteiger partial charge is 0.237 e. The number of amides is 1. The third-order valence-corrected chi connectivity index (χ3v) is 3.62. The van der Waals surface area contributed by atoms with E-state index in [1.54, 1.807) is 0 Å². The van der Waals surface area contributed by atoms with E-state index < -0.39 is 0 Å². The summed E-state index contributed by atoms with van der Waals surface area (Å²) in [5.74, 6) is 1.86. The predicted molar refractivity (Wildman–Crippen MR) is 76.4 cm³/mol. The zero-order valence-electron chi connectivity index (χ0n) is 12.8. The summed E-state index contributed by atoms with van der Waals surface area (Å²) in [4.78, 5) is 12.1. The van der Waals surface area contributed by atoms with E-state index in [9.17, 15) is 4.79 Å². The molecule has 2 N–H and O–H groups in total. The number of rotatable bonds is 5. The van der Waals surface area contributed by atoms with Crippen molar-refractivity contribution in [2.45, 2.75) is 72.5 Å². The van der Waals surface area contributed by atoms with Crippen LogP contribution in [0, 0.1) is 17.8 Å². The van der Waals surface area contributed by atoms with E-state index in [1.807, 2.05) is 0 Å². The number of hydrogen-bond acceptors (Lipinski definition) is 2. The van der Waals surface area contributed by atoms with Crippen LogP contribution in [0.3, 0.4) is 0 Å². The van der Waals surface area contributed by atoms with Crippen LogP contribution in [-0.2, 0) is 4.79 Å². The zero-order chi connectivity index (χ0) is 13.9. The average molecular weight is 254 g/mol. The second-order valence-electron chi connectivity index (χ2n) is 6.86. The van der Waals surface area contributed by atoms with Gasteiger partial charge in [-0.25, -0.2) is 0 Å². The molecule has 0 aromatic heterocycles. The van der Waals surface area contributed by atoms with E-state index in [2.05, 4.69) is 52.2 Å². The quantitative estimate of drug-likeness (QED) is 0.791. The Morgan fingerprint density at radius 1 is 1.00 bits per heavy atom. The molecule has 1 heterocycles. The number of hydrogen-bond donors (Lipinski definition) is 2. The van der Waals surface area contributed by atoms with Crippen LogP contribution in [0.2, 0.25) is 0 Å². The minimum Gasteiger partial charge on any atom is -0.350 e. The Balaban J connectivity index is 2.72. The molecule has 1 aliphatic rings. The van der Waals surface area contributed by atoms with Crippen LogP contribution in [0.5, 0.6) is 0 Å². The third kappa shape index (κ3) is 4.27. The molecule has 0 spiro atoms. The van der Waals surface area contributed by atoms with Gasteiger partial charge in [0.15, 0.2) is 0 Å². The van der Waals surface area contributed by atoms with Gasteiger partial charge in [-0.05, 0) is 30.6 Å². The van der Waals surface area contributed by atoms with Crippen molar-refractivity contribution in [3.63, 3.8) is 0 Å². The average Bonchev–Trinajstić information content (AvgIpc) is 2.20. The number of carbonyl (C=O) groups excluding carboxylic acids is 1. The lowest BCUT2D eigenvalue weighted by Crippen LogP contribution is -2.65. The Kier molecular flexibility index (Phi) is 5.64. The largest absolute Gasteiger partial charge is 0.350 e. The second kappa shape index (κ2) is 6.55. The first-order chi connectivity index (χ1) is 8.31. The van der Waals surface area contributed by atoms with Crippen LogP contribution in [0.25, 0.3) is 0 Å². The minimum absolute atomic E-state index is 0.0104. The lowest BCUT2D eigenvalue weighted by Gasteiger charge is -2.41. The van der Waals surface area contributed by atoms with E-state index in [4.69, 9.17) is 0 Å². The molecule has 1 aliphatic heterocycles. The fourth-order valence-corrected chi connectivity index (χ4v) is 2.80. The van der Waals surface area contributed by atoms with Crippen molar-refractivity contribution >= 4 is 5.91 Å². The molecular formula is C15H30N2O. The highest BCUT2D eigenvalue weighted by molar-refractivity contribution is 5.83. The summed E-state index contributed by atoms with van der Waals surface area (Å²) < 4.78 is 0. The first kappa shape index (κ1) is 15.5. The van der Waals surface area contributed by atoms with Crippen molar-refractivity contribution in [3.05, 3.63) is 0 Å². The standard InChI is InChI=1S/C15H30N2O/c1-9(2)7-12-14(11(5)6)17-15(18)13(16-12)8-10(3)4/h9-14,16H,7-8H2,1-6H3,(H,17,18). The Hall–Kier alpha value is -0.570. The Morgan fingerprint density at radius 2 is 1.56 bits per heavy atom. The van der Waals surface area contributed by atoms with Crippen molar-refractivity contribution in [1.82, 2.24) is 10.6 Å². The molecule has 1 rings (SSSR count). The van der Waals surface area contributed by atoms with Gasteiger partial charge in [-0.15, -0.1) is 0 Å². The van der Waals surface area contributed by atoms with Crippen molar-refractivity contribution in [3.8, 4) is 0 Å². The molecule has 3 unspecified atom stereocenters. The van der Waals surface area contributed by atoms with Crippen molar-refractivity contribution < 1.29 is 4.79 Å². The summed E-state index contributed by atoms with van der Waals surface area (Å²) in [6, 6.07) is 0.665. The van der Waals surface area contributed by atoms with Gasteiger partial charge in [-0.3, -0.25) is 4.79 Å². The summed E-state index contributed by atoms with van der Waals surface area (Å²) in [5.41, 5.74) is 0. The fourth-order valence-electron chi connectivity index (χ4n) is 2.80. The molecule has 3 atom stereocenters. The predicted octanol–water partition coefficient (Wildman–Crippen LogP) is 2.56. The van der Waals surface area contributed by atoms with Gasteiger partial charge >= 0.3 is 0 Å². The van der Waals surface area contributed by atoms with Gasteiger partial charge in [-0.1, -0.05) is 41.5 Å². The molecule has 0 saturated carbocycles. The molecule has 106 valence electrons. The van der Waals surface area contributed by atoms with Crippen molar-refractivity contribution in [1.29, 1.82) is 0 Å². The number of piperazine rings is 1. The highest BCUT2D eigenvalue weighted by Gasteiger charge is 2.36. The number of carbonyl (C=O) groups is 1. The van der Waals surface area contributed by atoms with Gasteiger partial charge < -0.3 is 10.6 Å². The maximum Gasteiger partial charge on any atom is 0.237 e. The normalized spacial score (nSPS) is 29.2. The topological polar surface area (TPSA) is 41.1 Å². The SMILES string of the molecule is CC(C)CC1NC(CC(C)C)C(C(C)C)NC1=O. The van der Waals surface area contributed by atoms with E-state index in [-0.39, 0.29) is 18.0 Å². The van der Waals surface area contributed by atoms with Crippen LogP contribution in [0.1, 0.15) is 54.4 Å². The van der Waals surface area contributed by atoms with E-state index in [0.717, 1.165) is 12.8 Å². The lowest BCUT2D eigenvalue weighted by molar-refractivity contribution is -0.127. The van der Waals surface area contributed by atoms with Crippen LogP contribution in [-0.4, -0.2) is 24.0 Å². The van der Waals surface area contributed by atoms with Gasteiger partial charge in [0, 0.05) is 12.1 Å². The molecule has 0 radical (unpaired) electrons. The van der Waals surface area contributed by atoms with E-state index in [0.29, 0.717) is 23.8 Å².